The van der Waals surface area contributed by atoms with Crippen LogP contribution in [0, 0.1) is 11.8 Å². The molecule has 1 saturated carbocycles. The van der Waals surface area contributed by atoms with Crippen molar-refractivity contribution in [2.75, 3.05) is 19.6 Å². The van der Waals surface area contributed by atoms with Crippen LogP contribution in [0.15, 0.2) is 18.2 Å². The van der Waals surface area contributed by atoms with Crippen LogP contribution < -0.4 is 5.32 Å². The van der Waals surface area contributed by atoms with Crippen molar-refractivity contribution in [1.82, 2.24) is 10.2 Å². The van der Waals surface area contributed by atoms with Crippen molar-refractivity contribution in [3.05, 3.63) is 34.9 Å². The lowest BCUT2D eigenvalue weighted by Crippen LogP contribution is -2.33. The number of rotatable bonds is 1. The van der Waals surface area contributed by atoms with Crippen molar-refractivity contribution >= 4 is 5.91 Å². The van der Waals surface area contributed by atoms with Gasteiger partial charge in [-0.25, -0.2) is 0 Å². The second-order valence-corrected chi connectivity index (χ2v) is 6.65. The van der Waals surface area contributed by atoms with Gasteiger partial charge in [-0.15, -0.1) is 0 Å². The van der Waals surface area contributed by atoms with Gasteiger partial charge in [-0.05, 0) is 48.9 Å². The van der Waals surface area contributed by atoms with Crippen molar-refractivity contribution in [2.24, 2.45) is 11.8 Å². The van der Waals surface area contributed by atoms with E-state index in [4.69, 9.17) is 0 Å². The SMILES string of the molecule is O=C(c1cccc2c1CCNC2)N1CC2CCC(O)C2C1. The maximum absolute atomic E-state index is 12.9. The predicted octanol–water partition coefficient (Wildman–Crippen LogP) is 1.18. The highest BCUT2D eigenvalue weighted by atomic mass is 16.3. The first-order chi connectivity index (χ1) is 10.2. The lowest BCUT2D eigenvalue weighted by molar-refractivity contribution is 0.0751. The highest BCUT2D eigenvalue weighted by Crippen LogP contribution is 2.38. The van der Waals surface area contributed by atoms with Gasteiger partial charge in [-0.3, -0.25) is 4.79 Å². The van der Waals surface area contributed by atoms with Gasteiger partial charge in [0.25, 0.3) is 5.91 Å². The van der Waals surface area contributed by atoms with E-state index in [-0.39, 0.29) is 12.0 Å². The lowest BCUT2D eigenvalue weighted by atomic mass is 9.95. The summed E-state index contributed by atoms with van der Waals surface area (Å²) in [6.07, 6.45) is 2.69. The molecule has 1 aromatic carbocycles. The van der Waals surface area contributed by atoms with E-state index in [9.17, 15) is 9.90 Å². The van der Waals surface area contributed by atoms with Gasteiger partial charge in [-0.2, -0.15) is 0 Å². The number of nitrogens with one attached hydrogen (secondary N) is 1. The van der Waals surface area contributed by atoms with Crippen LogP contribution in [0.25, 0.3) is 0 Å². The van der Waals surface area contributed by atoms with Crippen molar-refractivity contribution in [3.63, 3.8) is 0 Å². The first-order valence-corrected chi connectivity index (χ1v) is 8.03. The zero-order chi connectivity index (χ0) is 14.4. The summed E-state index contributed by atoms with van der Waals surface area (Å²) in [5, 5.41) is 13.4. The van der Waals surface area contributed by atoms with Gasteiger partial charge in [0.15, 0.2) is 0 Å². The molecule has 3 atom stereocenters. The quantitative estimate of drug-likeness (QED) is 0.815. The van der Waals surface area contributed by atoms with Gasteiger partial charge in [0, 0.05) is 31.1 Å². The molecular formula is C17H22N2O2. The number of likely N-dealkylation sites (tertiary alicyclic amines) is 1. The van der Waals surface area contributed by atoms with Crippen LogP contribution in [0.3, 0.4) is 0 Å². The van der Waals surface area contributed by atoms with Crippen molar-refractivity contribution in [3.8, 4) is 0 Å². The molecule has 4 rings (SSSR count). The van der Waals surface area contributed by atoms with Crippen LogP contribution >= 0.6 is 0 Å². The molecule has 0 aromatic heterocycles. The van der Waals surface area contributed by atoms with Crippen LogP contribution in [-0.2, 0) is 13.0 Å². The van der Waals surface area contributed by atoms with Gasteiger partial charge < -0.3 is 15.3 Å². The molecule has 4 nitrogen and oxygen atoms in total. The molecule has 2 N–H and O–H groups in total. The molecule has 2 aliphatic heterocycles. The Morgan fingerprint density at radius 2 is 2.19 bits per heavy atom. The molecule has 0 radical (unpaired) electrons. The van der Waals surface area contributed by atoms with Gasteiger partial charge >= 0.3 is 0 Å². The van der Waals surface area contributed by atoms with Crippen molar-refractivity contribution in [1.29, 1.82) is 0 Å². The Kier molecular flexibility index (Phi) is 3.23. The maximum atomic E-state index is 12.9. The monoisotopic (exact) mass is 286 g/mol. The van der Waals surface area contributed by atoms with E-state index in [0.29, 0.717) is 11.8 Å². The van der Waals surface area contributed by atoms with E-state index < -0.39 is 0 Å². The van der Waals surface area contributed by atoms with Crippen molar-refractivity contribution < 1.29 is 9.90 Å². The minimum Gasteiger partial charge on any atom is -0.393 e. The molecule has 2 fully saturated rings. The Balaban J connectivity index is 1.59. The summed E-state index contributed by atoms with van der Waals surface area (Å²) in [6.45, 7) is 3.36. The second-order valence-electron chi connectivity index (χ2n) is 6.65. The average Bonchev–Trinajstić information content (AvgIpc) is 3.08. The van der Waals surface area contributed by atoms with Crippen LogP contribution in [-0.4, -0.2) is 41.7 Å². The zero-order valence-corrected chi connectivity index (χ0v) is 12.2. The summed E-state index contributed by atoms with van der Waals surface area (Å²) < 4.78 is 0. The number of aliphatic hydroxyl groups excluding tert-OH is 1. The lowest BCUT2D eigenvalue weighted by Gasteiger charge is -2.24. The van der Waals surface area contributed by atoms with E-state index in [0.717, 1.165) is 51.0 Å². The largest absolute Gasteiger partial charge is 0.393 e. The molecule has 112 valence electrons. The summed E-state index contributed by atoms with van der Waals surface area (Å²) in [5.41, 5.74) is 3.36. The Bertz CT molecular complexity index is 572. The van der Waals surface area contributed by atoms with Crippen LogP contribution in [0.1, 0.15) is 34.3 Å². The molecule has 0 spiro atoms. The highest BCUT2D eigenvalue weighted by Gasteiger charge is 2.43. The fourth-order valence-electron chi connectivity index (χ4n) is 4.31. The smallest absolute Gasteiger partial charge is 0.254 e. The minimum absolute atomic E-state index is 0.162. The molecule has 2 heterocycles. The number of carbonyl (C=O) groups is 1. The Labute approximate surface area is 125 Å². The number of carbonyl (C=O) groups excluding carboxylic acids is 1. The third kappa shape index (κ3) is 2.17. The van der Waals surface area contributed by atoms with Gasteiger partial charge in [-0.1, -0.05) is 12.1 Å². The normalized spacial score (nSPS) is 31.1. The second kappa shape index (κ2) is 5.11. The summed E-state index contributed by atoms with van der Waals surface area (Å²) in [6, 6.07) is 6.07. The average molecular weight is 286 g/mol. The van der Waals surface area contributed by atoms with E-state index in [2.05, 4.69) is 11.4 Å². The topological polar surface area (TPSA) is 52.6 Å². The van der Waals surface area contributed by atoms with Crippen LogP contribution in [0.4, 0.5) is 0 Å². The van der Waals surface area contributed by atoms with E-state index in [1.807, 2.05) is 17.0 Å². The van der Waals surface area contributed by atoms with E-state index in [1.54, 1.807) is 0 Å². The molecule has 21 heavy (non-hydrogen) atoms. The third-order valence-corrected chi connectivity index (χ3v) is 5.48. The number of hydrogen-bond acceptors (Lipinski definition) is 3. The Morgan fingerprint density at radius 3 is 3.05 bits per heavy atom. The van der Waals surface area contributed by atoms with Crippen LogP contribution in [0.2, 0.25) is 0 Å². The third-order valence-electron chi connectivity index (χ3n) is 5.48. The number of aliphatic hydroxyl groups is 1. The number of hydrogen-bond donors (Lipinski definition) is 2. The summed E-state index contributed by atoms with van der Waals surface area (Å²) in [4.78, 5) is 14.8. The first kappa shape index (κ1) is 13.3. The fourth-order valence-corrected chi connectivity index (χ4v) is 4.31. The summed E-state index contributed by atoms with van der Waals surface area (Å²) >= 11 is 0. The standard InChI is InChI=1S/C17H22N2O2/c20-16-5-4-12-9-19(10-15(12)16)17(21)14-3-1-2-11-8-18-7-6-13(11)14/h1-3,12,15-16,18,20H,4-10H2. The molecule has 0 bridgehead atoms. The number of benzene rings is 1. The Morgan fingerprint density at radius 1 is 1.29 bits per heavy atom. The number of fused-ring (bicyclic) bond motifs is 2. The van der Waals surface area contributed by atoms with Crippen LogP contribution in [0.5, 0.6) is 0 Å². The summed E-state index contributed by atoms with van der Waals surface area (Å²) in [7, 11) is 0. The van der Waals surface area contributed by atoms with Crippen molar-refractivity contribution in [2.45, 2.75) is 31.9 Å². The van der Waals surface area contributed by atoms with E-state index >= 15 is 0 Å². The zero-order valence-electron chi connectivity index (χ0n) is 12.2. The molecule has 3 aliphatic rings. The molecule has 1 amide bonds. The number of nitrogens with zero attached hydrogens (tertiary/aromatic N) is 1. The first-order valence-electron chi connectivity index (χ1n) is 8.03. The fraction of sp³-hybridized carbons (Fsp3) is 0.588. The van der Waals surface area contributed by atoms with Gasteiger partial charge in [0.1, 0.15) is 0 Å². The molecular weight excluding hydrogens is 264 g/mol. The highest BCUT2D eigenvalue weighted by molar-refractivity contribution is 5.96. The van der Waals surface area contributed by atoms with Gasteiger partial charge in [0.2, 0.25) is 0 Å². The molecule has 1 aromatic rings. The predicted molar refractivity (Wildman–Crippen MR) is 80.0 cm³/mol. The molecule has 1 saturated heterocycles. The molecule has 3 unspecified atom stereocenters. The maximum Gasteiger partial charge on any atom is 0.254 e. The minimum atomic E-state index is -0.207. The van der Waals surface area contributed by atoms with Gasteiger partial charge in [0.05, 0.1) is 6.10 Å². The Hall–Kier alpha value is -1.39. The number of amides is 1. The molecule has 1 aliphatic carbocycles. The molecule has 4 heteroatoms. The van der Waals surface area contributed by atoms with E-state index in [1.165, 1.54) is 11.1 Å². The summed E-state index contributed by atoms with van der Waals surface area (Å²) in [5.74, 6) is 0.968.